The minimum Gasteiger partial charge on any atom is -0.497 e. The average molecular weight is 294 g/mol. The molecule has 5 heteroatoms. The quantitative estimate of drug-likeness (QED) is 0.722. The average Bonchev–Trinajstić information content (AvgIpc) is 3.16. The van der Waals surface area contributed by atoms with E-state index in [-0.39, 0.29) is 17.8 Å². The molecule has 2 rings (SSSR count). The summed E-state index contributed by atoms with van der Waals surface area (Å²) in [6.07, 6.45) is 0. The molecule has 3 atom stereocenters. The maximum absolute atomic E-state index is 11.5. The zero-order valence-electron chi connectivity index (χ0n) is 12.9. The van der Waals surface area contributed by atoms with Gasteiger partial charge in [-0.1, -0.05) is 6.92 Å². The number of esters is 1. The van der Waals surface area contributed by atoms with Gasteiger partial charge in [0.05, 0.1) is 40.5 Å². The van der Waals surface area contributed by atoms with E-state index >= 15 is 0 Å². The number of ether oxygens (including phenoxy) is 4. The number of carbonyl (C=O) groups excluding carboxylic acids is 1. The minimum atomic E-state index is -0.141. The van der Waals surface area contributed by atoms with Crippen molar-refractivity contribution >= 4 is 5.97 Å². The Kier molecular flexibility index (Phi) is 5.07. The highest BCUT2D eigenvalue weighted by atomic mass is 16.5. The Bertz CT molecular complexity index is 499. The van der Waals surface area contributed by atoms with Crippen molar-refractivity contribution in [3.05, 3.63) is 23.8 Å². The van der Waals surface area contributed by atoms with Gasteiger partial charge in [-0.2, -0.15) is 0 Å². The highest BCUT2D eigenvalue weighted by Gasteiger charge is 2.52. The van der Waals surface area contributed by atoms with Crippen LogP contribution >= 0.6 is 0 Å². The number of methoxy groups -OCH3 is 3. The van der Waals surface area contributed by atoms with E-state index in [1.807, 2.05) is 25.1 Å². The fraction of sp³-hybridized carbons (Fsp3) is 0.562. The molecule has 1 fully saturated rings. The molecule has 0 radical (unpaired) electrons. The summed E-state index contributed by atoms with van der Waals surface area (Å²) in [4.78, 5) is 11.5. The van der Waals surface area contributed by atoms with E-state index in [9.17, 15) is 4.79 Å². The van der Waals surface area contributed by atoms with Gasteiger partial charge in [0.25, 0.3) is 0 Å². The van der Waals surface area contributed by atoms with Crippen LogP contribution in [0.3, 0.4) is 0 Å². The second-order valence-electron chi connectivity index (χ2n) is 5.26. The second kappa shape index (κ2) is 6.80. The van der Waals surface area contributed by atoms with Gasteiger partial charge in [-0.3, -0.25) is 4.79 Å². The van der Waals surface area contributed by atoms with Crippen molar-refractivity contribution in [2.24, 2.45) is 17.8 Å². The molecule has 0 saturated heterocycles. The number of rotatable bonds is 7. The molecule has 1 saturated carbocycles. The molecule has 0 bridgehead atoms. The number of benzene rings is 1. The third-order valence-electron chi connectivity index (χ3n) is 4.10. The van der Waals surface area contributed by atoms with E-state index in [1.54, 1.807) is 14.2 Å². The summed E-state index contributed by atoms with van der Waals surface area (Å²) < 4.78 is 21.0. The molecule has 116 valence electrons. The lowest BCUT2D eigenvalue weighted by atomic mass is 10.2. The van der Waals surface area contributed by atoms with Gasteiger partial charge in [-0.05, 0) is 24.0 Å². The van der Waals surface area contributed by atoms with E-state index in [0.29, 0.717) is 19.1 Å². The van der Waals surface area contributed by atoms with Crippen LogP contribution in [0.25, 0.3) is 0 Å². The molecule has 1 aliphatic rings. The molecule has 0 spiro atoms. The SMILES string of the molecule is COC(=O)C1C(C)C1COCc1ccc(OC)cc1OC. The molecule has 5 nitrogen and oxygen atoms in total. The lowest BCUT2D eigenvalue weighted by molar-refractivity contribution is -0.143. The standard InChI is InChI=1S/C16H22O5/c1-10-13(15(10)16(17)20-4)9-21-8-11-5-6-12(18-2)7-14(11)19-3/h5-7,10,13,15H,8-9H2,1-4H3. The van der Waals surface area contributed by atoms with Crippen molar-refractivity contribution in [3.63, 3.8) is 0 Å². The van der Waals surface area contributed by atoms with Gasteiger partial charge in [0.1, 0.15) is 11.5 Å². The van der Waals surface area contributed by atoms with Gasteiger partial charge in [0.2, 0.25) is 0 Å². The van der Waals surface area contributed by atoms with Crippen LogP contribution in [-0.4, -0.2) is 33.9 Å². The summed E-state index contributed by atoms with van der Waals surface area (Å²) >= 11 is 0. The predicted molar refractivity (Wildman–Crippen MR) is 77.4 cm³/mol. The van der Waals surface area contributed by atoms with Crippen molar-refractivity contribution in [1.82, 2.24) is 0 Å². The first-order chi connectivity index (χ1) is 10.1. The zero-order chi connectivity index (χ0) is 15.4. The molecule has 0 heterocycles. The molecule has 1 aromatic rings. The summed E-state index contributed by atoms with van der Waals surface area (Å²) in [7, 11) is 4.66. The molecule has 0 aromatic heterocycles. The van der Waals surface area contributed by atoms with E-state index in [2.05, 4.69) is 0 Å². The summed E-state index contributed by atoms with van der Waals surface area (Å²) in [6, 6.07) is 5.62. The number of carbonyl (C=O) groups is 1. The summed E-state index contributed by atoms with van der Waals surface area (Å²) in [6.45, 7) is 3.05. The van der Waals surface area contributed by atoms with Crippen molar-refractivity contribution in [1.29, 1.82) is 0 Å². The Morgan fingerprint density at radius 3 is 2.57 bits per heavy atom. The van der Waals surface area contributed by atoms with Gasteiger partial charge in [-0.15, -0.1) is 0 Å². The molecule has 21 heavy (non-hydrogen) atoms. The summed E-state index contributed by atoms with van der Waals surface area (Å²) in [5.74, 6) is 1.91. The zero-order valence-corrected chi connectivity index (χ0v) is 12.9. The summed E-state index contributed by atoms with van der Waals surface area (Å²) in [5, 5.41) is 0. The van der Waals surface area contributed by atoms with Crippen LogP contribution in [0.15, 0.2) is 18.2 Å². The third kappa shape index (κ3) is 3.47. The van der Waals surface area contributed by atoms with Gasteiger partial charge in [0.15, 0.2) is 0 Å². The first-order valence-electron chi connectivity index (χ1n) is 6.98. The molecule has 1 aliphatic carbocycles. The van der Waals surface area contributed by atoms with Crippen molar-refractivity contribution < 1.29 is 23.7 Å². The van der Waals surface area contributed by atoms with Crippen LogP contribution in [0, 0.1) is 17.8 Å². The topological polar surface area (TPSA) is 54.0 Å². The maximum Gasteiger partial charge on any atom is 0.309 e. The Balaban J connectivity index is 1.86. The molecular formula is C16H22O5. The molecule has 3 unspecified atom stereocenters. The van der Waals surface area contributed by atoms with Crippen LogP contribution in [0.2, 0.25) is 0 Å². The monoisotopic (exact) mass is 294 g/mol. The van der Waals surface area contributed by atoms with E-state index in [4.69, 9.17) is 18.9 Å². The molecule has 1 aromatic carbocycles. The number of hydrogen-bond acceptors (Lipinski definition) is 5. The van der Waals surface area contributed by atoms with Gasteiger partial charge < -0.3 is 18.9 Å². The van der Waals surface area contributed by atoms with Gasteiger partial charge in [-0.25, -0.2) is 0 Å². The second-order valence-corrected chi connectivity index (χ2v) is 5.26. The number of hydrogen-bond donors (Lipinski definition) is 0. The highest BCUT2D eigenvalue weighted by molar-refractivity contribution is 5.76. The normalized spacial score (nSPS) is 23.5. The van der Waals surface area contributed by atoms with Crippen LogP contribution in [0.4, 0.5) is 0 Å². The van der Waals surface area contributed by atoms with Crippen molar-refractivity contribution in [3.8, 4) is 11.5 Å². The fourth-order valence-corrected chi connectivity index (χ4v) is 2.60. The Hall–Kier alpha value is -1.75. The molecule has 0 aliphatic heterocycles. The van der Waals surface area contributed by atoms with E-state index in [1.165, 1.54) is 7.11 Å². The fourth-order valence-electron chi connectivity index (χ4n) is 2.60. The highest BCUT2D eigenvalue weighted by Crippen LogP contribution is 2.46. The molecule has 0 N–H and O–H groups in total. The minimum absolute atomic E-state index is 0.0206. The maximum atomic E-state index is 11.5. The van der Waals surface area contributed by atoms with Crippen molar-refractivity contribution in [2.45, 2.75) is 13.5 Å². The Morgan fingerprint density at radius 1 is 1.19 bits per heavy atom. The van der Waals surface area contributed by atoms with Crippen molar-refractivity contribution in [2.75, 3.05) is 27.9 Å². The van der Waals surface area contributed by atoms with Gasteiger partial charge in [0, 0.05) is 11.6 Å². The van der Waals surface area contributed by atoms with Gasteiger partial charge >= 0.3 is 5.97 Å². The van der Waals surface area contributed by atoms with E-state index < -0.39 is 0 Å². The van der Waals surface area contributed by atoms with E-state index in [0.717, 1.165) is 17.1 Å². The van der Waals surface area contributed by atoms with Crippen LogP contribution in [-0.2, 0) is 20.9 Å². The first kappa shape index (κ1) is 15.6. The lowest BCUT2D eigenvalue weighted by Crippen LogP contribution is -2.07. The predicted octanol–water partition coefficient (Wildman–Crippen LogP) is 2.28. The Labute approximate surface area is 125 Å². The molecular weight excluding hydrogens is 272 g/mol. The largest absolute Gasteiger partial charge is 0.497 e. The summed E-state index contributed by atoms with van der Waals surface area (Å²) in [5.41, 5.74) is 0.959. The Morgan fingerprint density at radius 2 is 1.95 bits per heavy atom. The van der Waals surface area contributed by atoms with Crippen LogP contribution in [0.1, 0.15) is 12.5 Å². The molecule has 0 amide bonds. The smallest absolute Gasteiger partial charge is 0.309 e. The lowest BCUT2D eigenvalue weighted by Gasteiger charge is -2.10. The van der Waals surface area contributed by atoms with Crippen LogP contribution in [0.5, 0.6) is 11.5 Å². The third-order valence-corrected chi connectivity index (χ3v) is 4.10. The first-order valence-corrected chi connectivity index (χ1v) is 6.98. The van der Waals surface area contributed by atoms with Crippen LogP contribution < -0.4 is 9.47 Å².